The van der Waals surface area contributed by atoms with Gasteiger partial charge in [-0.25, -0.2) is 8.78 Å². The summed E-state index contributed by atoms with van der Waals surface area (Å²) in [6.07, 6.45) is 0. The summed E-state index contributed by atoms with van der Waals surface area (Å²) in [5, 5.41) is 0. The standard InChI is InChI=1S/C12H14F2O2/c1-12(2,3)16-7-11(15)8-4-5-9(13)10(14)6-8/h4-6H,7H2,1-3H3. The predicted molar refractivity (Wildman–Crippen MR) is 56.4 cm³/mol. The maximum Gasteiger partial charge on any atom is 0.188 e. The number of benzene rings is 1. The van der Waals surface area contributed by atoms with Gasteiger partial charge in [-0.3, -0.25) is 4.79 Å². The fraction of sp³-hybridized carbons (Fsp3) is 0.417. The quantitative estimate of drug-likeness (QED) is 0.743. The highest BCUT2D eigenvalue weighted by Gasteiger charge is 2.15. The van der Waals surface area contributed by atoms with Crippen molar-refractivity contribution in [2.75, 3.05) is 6.61 Å². The van der Waals surface area contributed by atoms with Gasteiger partial charge in [0.2, 0.25) is 0 Å². The first-order valence-corrected chi connectivity index (χ1v) is 4.92. The van der Waals surface area contributed by atoms with E-state index in [1.807, 2.05) is 20.8 Å². The molecule has 16 heavy (non-hydrogen) atoms. The Labute approximate surface area is 93.2 Å². The van der Waals surface area contributed by atoms with Crippen LogP contribution in [0.15, 0.2) is 18.2 Å². The normalized spacial score (nSPS) is 11.6. The van der Waals surface area contributed by atoms with Crippen molar-refractivity contribution in [3.63, 3.8) is 0 Å². The minimum Gasteiger partial charge on any atom is -0.368 e. The zero-order chi connectivity index (χ0) is 12.3. The van der Waals surface area contributed by atoms with E-state index in [0.29, 0.717) is 0 Å². The van der Waals surface area contributed by atoms with Crippen LogP contribution < -0.4 is 0 Å². The first kappa shape index (κ1) is 12.8. The molecule has 0 bridgehead atoms. The van der Waals surface area contributed by atoms with Crippen LogP contribution in [-0.4, -0.2) is 18.0 Å². The molecule has 0 fully saturated rings. The molecule has 1 aromatic rings. The highest BCUT2D eigenvalue weighted by atomic mass is 19.2. The third kappa shape index (κ3) is 3.70. The molecule has 0 aliphatic carbocycles. The number of carbonyl (C=O) groups is 1. The van der Waals surface area contributed by atoms with Gasteiger partial charge in [0.1, 0.15) is 6.61 Å². The maximum atomic E-state index is 12.8. The molecule has 0 unspecified atom stereocenters. The summed E-state index contributed by atoms with van der Waals surface area (Å²) in [5.74, 6) is -2.36. The lowest BCUT2D eigenvalue weighted by Gasteiger charge is -2.18. The van der Waals surface area contributed by atoms with Crippen LogP contribution in [0.2, 0.25) is 0 Å². The Hall–Kier alpha value is -1.29. The van der Waals surface area contributed by atoms with E-state index >= 15 is 0 Å². The number of hydrogen-bond donors (Lipinski definition) is 0. The predicted octanol–water partition coefficient (Wildman–Crippen LogP) is 2.96. The first-order valence-electron chi connectivity index (χ1n) is 4.92. The van der Waals surface area contributed by atoms with E-state index in [-0.39, 0.29) is 18.0 Å². The molecule has 4 heteroatoms. The number of carbonyl (C=O) groups excluding carboxylic acids is 1. The Bertz CT molecular complexity index is 394. The van der Waals surface area contributed by atoms with Gasteiger partial charge in [0.25, 0.3) is 0 Å². The smallest absolute Gasteiger partial charge is 0.188 e. The molecule has 2 nitrogen and oxygen atoms in total. The van der Waals surface area contributed by atoms with Crippen molar-refractivity contribution >= 4 is 5.78 Å². The van der Waals surface area contributed by atoms with Crippen molar-refractivity contribution < 1.29 is 18.3 Å². The summed E-state index contributed by atoms with van der Waals surface area (Å²) in [4.78, 5) is 11.5. The largest absolute Gasteiger partial charge is 0.368 e. The molecule has 1 rings (SSSR count). The van der Waals surface area contributed by atoms with E-state index in [4.69, 9.17) is 4.74 Å². The van der Waals surface area contributed by atoms with Crippen LogP contribution >= 0.6 is 0 Å². The Kier molecular flexibility index (Phi) is 3.75. The van der Waals surface area contributed by atoms with Crippen LogP contribution in [0.4, 0.5) is 8.78 Å². The number of halogens is 2. The number of ether oxygens (including phenoxy) is 1. The lowest BCUT2D eigenvalue weighted by molar-refractivity contribution is 0.00305. The van der Waals surface area contributed by atoms with Crippen molar-refractivity contribution in [1.29, 1.82) is 0 Å². The van der Waals surface area contributed by atoms with Crippen LogP contribution in [0.5, 0.6) is 0 Å². The molecule has 0 heterocycles. The highest BCUT2D eigenvalue weighted by Crippen LogP contribution is 2.12. The van der Waals surface area contributed by atoms with E-state index < -0.39 is 17.2 Å². The monoisotopic (exact) mass is 228 g/mol. The second-order valence-electron chi connectivity index (χ2n) is 4.45. The molecule has 0 saturated carbocycles. The average molecular weight is 228 g/mol. The van der Waals surface area contributed by atoms with Crippen LogP contribution in [0, 0.1) is 11.6 Å². The minimum atomic E-state index is -1.03. The summed E-state index contributed by atoms with van der Waals surface area (Å²) in [5.41, 5.74) is -0.322. The minimum absolute atomic E-state index is 0.114. The maximum absolute atomic E-state index is 12.8. The number of ketones is 1. The van der Waals surface area contributed by atoms with E-state index in [2.05, 4.69) is 0 Å². The number of Topliss-reactive ketones (excluding diaryl/α,β-unsaturated/α-hetero) is 1. The second kappa shape index (κ2) is 4.70. The van der Waals surface area contributed by atoms with Crippen LogP contribution in [0.1, 0.15) is 31.1 Å². The third-order valence-corrected chi connectivity index (χ3v) is 1.88. The van der Waals surface area contributed by atoms with Gasteiger partial charge in [-0.2, -0.15) is 0 Å². The zero-order valence-electron chi connectivity index (χ0n) is 9.51. The van der Waals surface area contributed by atoms with Crippen LogP contribution in [-0.2, 0) is 4.74 Å². The number of hydrogen-bond acceptors (Lipinski definition) is 2. The Morgan fingerprint density at radius 3 is 2.38 bits per heavy atom. The molecule has 0 aromatic heterocycles. The molecule has 88 valence electrons. The van der Waals surface area contributed by atoms with Gasteiger partial charge >= 0.3 is 0 Å². The molecule has 0 aliphatic heterocycles. The first-order chi connectivity index (χ1) is 7.29. The second-order valence-corrected chi connectivity index (χ2v) is 4.45. The molecule has 0 radical (unpaired) electrons. The van der Waals surface area contributed by atoms with E-state index in [9.17, 15) is 13.6 Å². The zero-order valence-corrected chi connectivity index (χ0v) is 9.51. The molecule has 0 aliphatic rings. The Balaban J connectivity index is 2.70. The summed E-state index contributed by atoms with van der Waals surface area (Å²) in [7, 11) is 0. The summed E-state index contributed by atoms with van der Waals surface area (Å²) >= 11 is 0. The van der Waals surface area contributed by atoms with Crippen molar-refractivity contribution in [3.05, 3.63) is 35.4 Å². The van der Waals surface area contributed by atoms with Gasteiger partial charge in [0.15, 0.2) is 17.4 Å². The molecule has 0 spiro atoms. The van der Waals surface area contributed by atoms with Crippen LogP contribution in [0.3, 0.4) is 0 Å². The van der Waals surface area contributed by atoms with Gasteiger partial charge in [0, 0.05) is 5.56 Å². The fourth-order valence-electron chi connectivity index (χ4n) is 1.03. The van der Waals surface area contributed by atoms with Crippen molar-refractivity contribution in [2.24, 2.45) is 0 Å². The highest BCUT2D eigenvalue weighted by molar-refractivity contribution is 5.97. The summed E-state index contributed by atoms with van der Waals surface area (Å²) < 4.78 is 30.7. The molecule has 0 N–H and O–H groups in total. The molecule has 0 amide bonds. The molecule has 1 aromatic carbocycles. The summed E-state index contributed by atoms with van der Waals surface area (Å²) in [6, 6.07) is 3.05. The molecule has 0 atom stereocenters. The van der Waals surface area contributed by atoms with Gasteiger partial charge in [0.05, 0.1) is 5.60 Å². The third-order valence-electron chi connectivity index (χ3n) is 1.88. The van der Waals surface area contributed by atoms with Crippen LogP contribution in [0.25, 0.3) is 0 Å². The molecular formula is C12H14F2O2. The fourth-order valence-corrected chi connectivity index (χ4v) is 1.03. The molecular weight excluding hydrogens is 214 g/mol. The molecule has 0 saturated heterocycles. The Morgan fingerprint density at radius 2 is 1.88 bits per heavy atom. The lowest BCUT2D eigenvalue weighted by Crippen LogP contribution is -2.23. The van der Waals surface area contributed by atoms with Gasteiger partial charge in [-0.15, -0.1) is 0 Å². The van der Waals surface area contributed by atoms with Gasteiger partial charge in [-0.05, 0) is 39.0 Å². The lowest BCUT2D eigenvalue weighted by atomic mass is 10.1. The van der Waals surface area contributed by atoms with Crippen molar-refractivity contribution in [1.82, 2.24) is 0 Å². The van der Waals surface area contributed by atoms with E-state index in [1.54, 1.807) is 0 Å². The Morgan fingerprint density at radius 1 is 1.25 bits per heavy atom. The van der Waals surface area contributed by atoms with Gasteiger partial charge in [-0.1, -0.05) is 0 Å². The number of rotatable bonds is 3. The van der Waals surface area contributed by atoms with Gasteiger partial charge < -0.3 is 4.74 Å². The van der Waals surface area contributed by atoms with Crippen molar-refractivity contribution in [2.45, 2.75) is 26.4 Å². The van der Waals surface area contributed by atoms with Crippen molar-refractivity contribution in [3.8, 4) is 0 Å². The van der Waals surface area contributed by atoms with E-state index in [0.717, 1.165) is 12.1 Å². The summed E-state index contributed by atoms with van der Waals surface area (Å²) in [6.45, 7) is 5.29. The SMILES string of the molecule is CC(C)(C)OCC(=O)c1ccc(F)c(F)c1. The average Bonchev–Trinajstić information content (AvgIpc) is 2.17. The van der Waals surface area contributed by atoms with E-state index in [1.165, 1.54) is 6.07 Å². The topological polar surface area (TPSA) is 26.3 Å².